The Hall–Kier alpha value is -3.54. The minimum absolute atomic E-state index is 0.375. The van der Waals surface area contributed by atoms with E-state index in [1.165, 1.54) is 6.92 Å². The summed E-state index contributed by atoms with van der Waals surface area (Å²) in [5.74, 6) is 0.355. The number of rotatable bonds is 6. The van der Waals surface area contributed by atoms with Crippen molar-refractivity contribution in [3.05, 3.63) is 66.2 Å². The Kier molecular flexibility index (Phi) is 5.79. The first-order valence-corrected chi connectivity index (χ1v) is 8.75. The maximum atomic E-state index is 12.6. The summed E-state index contributed by atoms with van der Waals surface area (Å²) in [7, 11) is 3.14. The lowest BCUT2D eigenvalue weighted by Gasteiger charge is -2.15. The van der Waals surface area contributed by atoms with Crippen LogP contribution < -0.4 is 14.8 Å². The maximum absolute atomic E-state index is 12.6. The Morgan fingerprint density at radius 1 is 0.857 bits per heavy atom. The molecule has 6 nitrogen and oxygen atoms in total. The monoisotopic (exact) mass is 379 g/mol. The van der Waals surface area contributed by atoms with Crippen LogP contribution in [0.2, 0.25) is 0 Å². The molecule has 0 unspecified atom stereocenters. The van der Waals surface area contributed by atoms with Gasteiger partial charge in [-0.1, -0.05) is 24.3 Å². The Labute approximate surface area is 163 Å². The van der Waals surface area contributed by atoms with Gasteiger partial charge in [0.05, 0.1) is 19.8 Å². The minimum atomic E-state index is -0.963. The zero-order chi connectivity index (χ0) is 20.1. The summed E-state index contributed by atoms with van der Waals surface area (Å²) in [6.07, 6.45) is -0.963. The molecule has 0 radical (unpaired) electrons. The molecule has 0 saturated carbocycles. The van der Waals surface area contributed by atoms with E-state index >= 15 is 0 Å². The van der Waals surface area contributed by atoms with E-state index in [2.05, 4.69) is 5.32 Å². The van der Waals surface area contributed by atoms with E-state index in [0.29, 0.717) is 28.1 Å². The van der Waals surface area contributed by atoms with Crippen molar-refractivity contribution in [3.63, 3.8) is 0 Å². The molecule has 0 saturated heterocycles. The van der Waals surface area contributed by atoms with E-state index in [0.717, 1.165) is 5.39 Å². The molecule has 0 aromatic heterocycles. The molecule has 6 heteroatoms. The average molecular weight is 379 g/mol. The summed E-state index contributed by atoms with van der Waals surface area (Å²) < 4.78 is 15.8. The van der Waals surface area contributed by atoms with E-state index < -0.39 is 18.0 Å². The highest BCUT2D eigenvalue weighted by molar-refractivity contribution is 6.07. The summed E-state index contributed by atoms with van der Waals surface area (Å²) in [5, 5.41) is 4.22. The quantitative estimate of drug-likeness (QED) is 0.654. The first-order valence-electron chi connectivity index (χ1n) is 8.75. The average Bonchev–Trinajstić information content (AvgIpc) is 2.73. The highest BCUT2D eigenvalue weighted by Gasteiger charge is 2.21. The van der Waals surface area contributed by atoms with Crippen LogP contribution in [-0.2, 0) is 9.53 Å². The third-order valence-corrected chi connectivity index (χ3v) is 4.33. The Morgan fingerprint density at radius 3 is 2.18 bits per heavy atom. The molecule has 0 spiro atoms. The van der Waals surface area contributed by atoms with Crippen LogP contribution in [0.15, 0.2) is 60.7 Å². The SMILES string of the molecule is COc1ccc(NC(=O)[C@H](C)OC(=O)c2ccc(OC)c3ccccc23)cc1. The van der Waals surface area contributed by atoms with Gasteiger partial charge in [0.15, 0.2) is 6.10 Å². The molecule has 3 aromatic carbocycles. The first kappa shape index (κ1) is 19.2. The fourth-order valence-corrected chi connectivity index (χ4v) is 2.82. The van der Waals surface area contributed by atoms with Crippen molar-refractivity contribution in [2.45, 2.75) is 13.0 Å². The van der Waals surface area contributed by atoms with Crippen LogP contribution in [0.1, 0.15) is 17.3 Å². The maximum Gasteiger partial charge on any atom is 0.339 e. The van der Waals surface area contributed by atoms with E-state index in [9.17, 15) is 9.59 Å². The number of hydrogen-bond acceptors (Lipinski definition) is 5. The number of methoxy groups -OCH3 is 2. The van der Waals surface area contributed by atoms with Crippen LogP contribution in [0.25, 0.3) is 10.8 Å². The molecule has 3 aromatic rings. The lowest BCUT2D eigenvalue weighted by molar-refractivity contribution is -0.123. The van der Waals surface area contributed by atoms with Gasteiger partial charge in [0.2, 0.25) is 0 Å². The van der Waals surface area contributed by atoms with Gasteiger partial charge in [-0.2, -0.15) is 0 Å². The summed E-state index contributed by atoms with van der Waals surface area (Å²) >= 11 is 0. The van der Waals surface area contributed by atoms with Crippen molar-refractivity contribution in [1.29, 1.82) is 0 Å². The molecule has 1 amide bonds. The Balaban J connectivity index is 1.73. The van der Waals surface area contributed by atoms with Crippen LogP contribution in [0.5, 0.6) is 11.5 Å². The molecular weight excluding hydrogens is 358 g/mol. The number of esters is 1. The normalized spacial score (nSPS) is 11.5. The topological polar surface area (TPSA) is 73.9 Å². The van der Waals surface area contributed by atoms with Gasteiger partial charge in [-0.15, -0.1) is 0 Å². The fraction of sp³-hybridized carbons (Fsp3) is 0.182. The van der Waals surface area contributed by atoms with Crippen molar-refractivity contribution >= 4 is 28.3 Å². The number of ether oxygens (including phenoxy) is 3. The van der Waals surface area contributed by atoms with Gasteiger partial charge < -0.3 is 19.5 Å². The highest BCUT2D eigenvalue weighted by atomic mass is 16.5. The second-order valence-corrected chi connectivity index (χ2v) is 6.13. The van der Waals surface area contributed by atoms with Gasteiger partial charge >= 0.3 is 5.97 Å². The second kappa shape index (κ2) is 8.43. The van der Waals surface area contributed by atoms with Crippen LogP contribution in [0, 0.1) is 0 Å². The number of anilines is 1. The Morgan fingerprint density at radius 2 is 1.54 bits per heavy atom. The molecule has 0 aliphatic heterocycles. The molecule has 1 atom stereocenters. The van der Waals surface area contributed by atoms with Gasteiger partial charge in [0.25, 0.3) is 5.91 Å². The predicted molar refractivity (Wildman–Crippen MR) is 107 cm³/mol. The van der Waals surface area contributed by atoms with Gasteiger partial charge in [0.1, 0.15) is 11.5 Å². The molecule has 144 valence electrons. The summed E-state index contributed by atoms with van der Waals surface area (Å²) in [6, 6.07) is 17.6. The molecule has 1 N–H and O–H groups in total. The molecular formula is C22H21NO5. The predicted octanol–water partition coefficient (Wildman–Crippen LogP) is 4.04. The third kappa shape index (κ3) is 4.06. The molecule has 0 aliphatic carbocycles. The zero-order valence-electron chi connectivity index (χ0n) is 15.9. The van der Waals surface area contributed by atoms with Crippen LogP contribution in [-0.4, -0.2) is 32.2 Å². The molecule has 0 fully saturated rings. The van der Waals surface area contributed by atoms with Gasteiger partial charge in [-0.25, -0.2) is 4.79 Å². The number of fused-ring (bicyclic) bond motifs is 1. The number of nitrogens with one attached hydrogen (secondary N) is 1. The van der Waals surface area contributed by atoms with E-state index in [4.69, 9.17) is 14.2 Å². The van der Waals surface area contributed by atoms with Crippen LogP contribution in [0.3, 0.4) is 0 Å². The first-order chi connectivity index (χ1) is 13.5. The number of benzene rings is 3. The van der Waals surface area contributed by atoms with Crippen molar-refractivity contribution in [2.24, 2.45) is 0 Å². The van der Waals surface area contributed by atoms with Crippen molar-refractivity contribution in [3.8, 4) is 11.5 Å². The van der Waals surface area contributed by atoms with Crippen molar-refractivity contribution in [1.82, 2.24) is 0 Å². The lowest BCUT2D eigenvalue weighted by atomic mass is 10.0. The third-order valence-electron chi connectivity index (χ3n) is 4.33. The van der Waals surface area contributed by atoms with Crippen molar-refractivity contribution in [2.75, 3.05) is 19.5 Å². The van der Waals surface area contributed by atoms with Gasteiger partial charge in [-0.3, -0.25) is 4.79 Å². The number of carbonyl (C=O) groups is 2. The summed E-state index contributed by atoms with van der Waals surface area (Å²) in [4.78, 5) is 25.0. The largest absolute Gasteiger partial charge is 0.497 e. The molecule has 0 aliphatic rings. The van der Waals surface area contributed by atoms with E-state index in [1.807, 2.05) is 24.3 Å². The van der Waals surface area contributed by atoms with Crippen LogP contribution in [0.4, 0.5) is 5.69 Å². The number of carbonyl (C=O) groups excluding carboxylic acids is 2. The molecule has 0 bridgehead atoms. The van der Waals surface area contributed by atoms with E-state index in [1.54, 1.807) is 50.6 Å². The van der Waals surface area contributed by atoms with E-state index in [-0.39, 0.29) is 0 Å². The standard InChI is InChI=1S/C22H21NO5/c1-14(21(24)23-15-8-10-16(26-2)11-9-15)28-22(25)19-12-13-20(27-3)18-7-5-4-6-17(18)19/h4-14H,1-3H3,(H,23,24)/t14-/m0/s1. The summed E-state index contributed by atoms with van der Waals surface area (Å²) in [6.45, 7) is 1.53. The minimum Gasteiger partial charge on any atom is -0.497 e. The molecule has 3 rings (SSSR count). The fourth-order valence-electron chi connectivity index (χ4n) is 2.82. The molecule has 28 heavy (non-hydrogen) atoms. The van der Waals surface area contributed by atoms with Gasteiger partial charge in [-0.05, 0) is 48.7 Å². The lowest BCUT2D eigenvalue weighted by Crippen LogP contribution is -2.30. The van der Waals surface area contributed by atoms with Crippen LogP contribution >= 0.6 is 0 Å². The second-order valence-electron chi connectivity index (χ2n) is 6.13. The number of hydrogen-bond donors (Lipinski definition) is 1. The molecule has 0 heterocycles. The Bertz CT molecular complexity index is 997. The van der Waals surface area contributed by atoms with Crippen molar-refractivity contribution < 1.29 is 23.8 Å². The smallest absolute Gasteiger partial charge is 0.339 e. The van der Waals surface area contributed by atoms with Gasteiger partial charge in [0, 0.05) is 11.1 Å². The summed E-state index contributed by atoms with van der Waals surface area (Å²) in [5.41, 5.74) is 0.962. The zero-order valence-corrected chi connectivity index (χ0v) is 15.9. The number of amides is 1. The highest BCUT2D eigenvalue weighted by Crippen LogP contribution is 2.29.